The number of likely N-dealkylation sites (N-methyl/N-ethyl adjacent to an activating group) is 1. The van der Waals surface area contributed by atoms with Gasteiger partial charge in [-0.2, -0.15) is 0 Å². The molecule has 1 amide bonds. The zero-order valence-corrected chi connectivity index (χ0v) is 10.0. The molecule has 1 atom stereocenters. The summed E-state index contributed by atoms with van der Waals surface area (Å²) in [6.45, 7) is 1.64. The van der Waals surface area contributed by atoms with Crippen LogP contribution in [-0.4, -0.2) is 45.1 Å². The average molecular weight is 254 g/mol. The SMILES string of the molecule is CCC(C(=O)O)N(C)C(=O)c1cc(O)[nH]c(=O)c1. The first-order valence-corrected chi connectivity index (χ1v) is 5.30. The van der Waals surface area contributed by atoms with Crippen molar-refractivity contribution in [2.45, 2.75) is 19.4 Å². The zero-order valence-electron chi connectivity index (χ0n) is 10.0. The van der Waals surface area contributed by atoms with Gasteiger partial charge in [0.25, 0.3) is 11.5 Å². The van der Waals surface area contributed by atoms with Crippen LogP contribution in [0.15, 0.2) is 16.9 Å². The van der Waals surface area contributed by atoms with Crippen molar-refractivity contribution in [1.82, 2.24) is 9.88 Å². The summed E-state index contributed by atoms with van der Waals surface area (Å²) in [5.41, 5.74) is -0.687. The molecule has 0 aromatic carbocycles. The molecule has 3 N–H and O–H groups in total. The molecule has 1 aromatic rings. The molecule has 98 valence electrons. The van der Waals surface area contributed by atoms with Gasteiger partial charge in [0, 0.05) is 19.2 Å². The minimum atomic E-state index is -1.12. The van der Waals surface area contributed by atoms with Gasteiger partial charge in [0.2, 0.25) is 0 Å². The number of aromatic nitrogens is 1. The van der Waals surface area contributed by atoms with Crippen LogP contribution in [0.5, 0.6) is 5.88 Å². The Morgan fingerprint density at radius 2 is 2.06 bits per heavy atom. The normalized spacial score (nSPS) is 11.9. The van der Waals surface area contributed by atoms with E-state index in [1.165, 1.54) is 7.05 Å². The van der Waals surface area contributed by atoms with Gasteiger partial charge in [-0.25, -0.2) is 4.79 Å². The molecule has 1 heterocycles. The molecule has 0 fully saturated rings. The predicted molar refractivity (Wildman–Crippen MR) is 62.5 cm³/mol. The molecule has 0 saturated heterocycles. The lowest BCUT2D eigenvalue weighted by Gasteiger charge is -2.23. The summed E-state index contributed by atoms with van der Waals surface area (Å²) in [4.78, 5) is 37.1. The van der Waals surface area contributed by atoms with Crippen LogP contribution in [0.2, 0.25) is 0 Å². The molecule has 0 spiro atoms. The molecule has 7 heteroatoms. The monoisotopic (exact) mass is 254 g/mol. The van der Waals surface area contributed by atoms with Crippen molar-refractivity contribution in [3.05, 3.63) is 28.0 Å². The standard InChI is InChI=1S/C11H14N2O5/c1-3-7(11(17)18)13(2)10(16)6-4-8(14)12-9(15)5-6/h4-5,7H,3H2,1-2H3,(H,17,18)(H2,12,14,15). The molecule has 7 nitrogen and oxygen atoms in total. The van der Waals surface area contributed by atoms with Crippen molar-refractivity contribution >= 4 is 11.9 Å². The molecular formula is C11H14N2O5. The number of carbonyl (C=O) groups is 2. The third-order valence-corrected chi connectivity index (χ3v) is 2.54. The Morgan fingerprint density at radius 1 is 1.44 bits per heavy atom. The fraction of sp³-hybridized carbons (Fsp3) is 0.364. The number of aliphatic carboxylic acids is 1. The van der Waals surface area contributed by atoms with Crippen molar-refractivity contribution in [1.29, 1.82) is 0 Å². The van der Waals surface area contributed by atoms with E-state index >= 15 is 0 Å². The molecule has 1 unspecified atom stereocenters. The number of hydrogen-bond acceptors (Lipinski definition) is 4. The number of carboxylic acid groups (broad SMARTS) is 1. The van der Waals surface area contributed by atoms with Gasteiger partial charge in [0.05, 0.1) is 5.56 Å². The average Bonchev–Trinajstić information content (AvgIpc) is 2.26. The quantitative estimate of drug-likeness (QED) is 0.701. The van der Waals surface area contributed by atoms with Crippen LogP contribution >= 0.6 is 0 Å². The van der Waals surface area contributed by atoms with Gasteiger partial charge >= 0.3 is 5.97 Å². The Labute approximate surface area is 103 Å². The maximum Gasteiger partial charge on any atom is 0.326 e. The van der Waals surface area contributed by atoms with Crippen LogP contribution in [-0.2, 0) is 4.79 Å². The molecule has 0 bridgehead atoms. The van der Waals surface area contributed by atoms with Gasteiger partial charge in [0.15, 0.2) is 5.88 Å². The van der Waals surface area contributed by atoms with Crippen molar-refractivity contribution in [2.75, 3.05) is 7.05 Å². The number of nitrogens with zero attached hydrogens (tertiary/aromatic N) is 1. The van der Waals surface area contributed by atoms with Crippen molar-refractivity contribution in [3.63, 3.8) is 0 Å². The molecule has 0 saturated carbocycles. The lowest BCUT2D eigenvalue weighted by Crippen LogP contribution is -2.42. The Morgan fingerprint density at radius 3 is 2.50 bits per heavy atom. The minimum Gasteiger partial charge on any atom is -0.494 e. The summed E-state index contributed by atoms with van der Waals surface area (Å²) >= 11 is 0. The van der Waals surface area contributed by atoms with Crippen molar-refractivity contribution in [2.24, 2.45) is 0 Å². The zero-order chi connectivity index (χ0) is 13.9. The Bertz CT molecular complexity index is 522. The highest BCUT2D eigenvalue weighted by molar-refractivity contribution is 5.96. The van der Waals surface area contributed by atoms with Crippen LogP contribution in [0.1, 0.15) is 23.7 Å². The Balaban J connectivity index is 3.06. The van der Waals surface area contributed by atoms with E-state index in [1.54, 1.807) is 6.92 Å². The fourth-order valence-electron chi connectivity index (χ4n) is 1.61. The highest BCUT2D eigenvalue weighted by Gasteiger charge is 2.25. The van der Waals surface area contributed by atoms with Gasteiger partial charge < -0.3 is 15.1 Å². The highest BCUT2D eigenvalue weighted by atomic mass is 16.4. The molecule has 0 aliphatic rings. The number of hydrogen-bond donors (Lipinski definition) is 3. The van der Waals surface area contributed by atoms with Crippen LogP contribution in [0.25, 0.3) is 0 Å². The maximum absolute atomic E-state index is 12.0. The van der Waals surface area contributed by atoms with E-state index in [0.717, 1.165) is 17.0 Å². The van der Waals surface area contributed by atoms with Crippen molar-refractivity contribution < 1.29 is 19.8 Å². The number of H-pyrrole nitrogens is 1. The molecule has 18 heavy (non-hydrogen) atoms. The Kier molecular flexibility index (Phi) is 4.09. The third-order valence-electron chi connectivity index (χ3n) is 2.54. The lowest BCUT2D eigenvalue weighted by atomic mass is 10.1. The van der Waals surface area contributed by atoms with E-state index in [9.17, 15) is 19.5 Å². The van der Waals surface area contributed by atoms with Gasteiger partial charge in [-0.1, -0.05) is 6.92 Å². The van der Waals surface area contributed by atoms with Crippen LogP contribution in [0.3, 0.4) is 0 Å². The number of aromatic amines is 1. The first-order chi connectivity index (χ1) is 8.36. The molecule has 0 aliphatic heterocycles. The van der Waals surface area contributed by atoms with E-state index in [4.69, 9.17) is 5.11 Å². The van der Waals surface area contributed by atoms with E-state index < -0.39 is 29.4 Å². The second-order valence-corrected chi connectivity index (χ2v) is 3.80. The van der Waals surface area contributed by atoms with E-state index in [1.807, 2.05) is 0 Å². The van der Waals surface area contributed by atoms with E-state index in [0.29, 0.717) is 0 Å². The summed E-state index contributed by atoms with van der Waals surface area (Å²) in [5.74, 6) is -2.20. The van der Waals surface area contributed by atoms with E-state index in [-0.39, 0.29) is 12.0 Å². The van der Waals surface area contributed by atoms with Gasteiger partial charge in [-0.05, 0) is 6.42 Å². The number of carbonyl (C=O) groups excluding carboxylic acids is 1. The maximum atomic E-state index is 12.0. The predicted octanol–water partition coefficient (Wildman–Crippen LogP) is 0.0157. The summed E-state index contributed by atoms with van der Waals surface area (Å²) in [6, 6.07) is 1.11. The van der Waals surface area contributed by atoms with E-state index in [2.05, 4.69) is 4.98 Å². The molecule has 1 rings (SSSR count). The molecular weight excluding hydrogens is 240 g/mol. The van der Waals surface area contributed by atoms with Crippen molar-refractivity contribution in [3.8, 4) is 5.88 Å². The topological polar surface area (TPSA) is 111 Å². The molecule has 1 aromatic heterocycles. The second kappa shape index (κ2) is 5.35. The van der Waals surface area contributed by atoms with Gasteiger partial charge in [-0.15, -0.1) is 0 Å². The molecule has 0 radical (unpaired) electrons. The first-order valence-electron chi connectivity index (χ1n) is 5.30. The fourth-order valence-corrected chi connectivity index (χ4v) is 1.61. The number of aromatic hydroxyl groups is 1. The summed E-state index contributed by atoms with van der Waals surface area (Å²) in [5, 5.41) is 18.1. The number of carboxylic acids is 1. The van der Waals surface area contributed by atoms with Gasteiger partial charge in [-0.3, -0.25) is 14.6 Å². The largest absolute Gasteiger partial charge is 0.494 e. The second-order valence-electron chi connectivity index (χ2n) is 3.80. The summed E-state index contributed by atoms with van der Waals surface area (Å²) in [6.07, 6.45) is 0.243. The summed E-state index contributed by atoms with van der Waals surface area (Å²) in [7, 11) is 1.34. The number of rotatable bonds is 4. The summed E-state index contributed by atoms with van der Waals surface area (Å²) < 4.78 is 0. The van der Waals surface area contributed by atoms with Gasteiger partial charge in [0.1, 0.15) is 6.04 Å². The Hall–Kier alpha value is -2.31. The smallest absolute Gasteiger partial charge is 0.326 e. The molecule has 0 aliphatic carbocycles. The third kappa shape index (κ3) is 2.88. The van der Waals surface area contributed by atoms with Crippen LogP contribution < -0.4 is 5.56 Å². The van der Waals surface area contributed by atoms with Crippen LogP contribution in [0, 0.1) is 0 Å². The minimum absolute atomic E-state index is 0.0570. The van der Waals surface area contributed by atoms with Crippen LogP contribution in [0.4, 0.5) is 0 Å². The number of amides is 1. The number of nitrogens with one attached hydrogen (secondary N) is 1. The highest BCUT2D eigenvalue weighted by Crippen LogP contribution is 2.11. The lowest BCUT2D eigenvalue weighted by molar-refractivity contribution is -0.142. The first kappa shape index (κ1) is 13.8. The number of pyridine rings is 1.